The molecule has 186 valence electrons. The van der Waals surface area contributed by atoms with E-state index in [-0.39, 0.29) is 18.3 Å². The van der Waals surface area contributed by atoms with Gasteiger partial charge < -0.3 is 19.5 Å². The second kappa shape index (κ2) is 12.2. The lowest BCUT2D eigenvalue weighted by Crippen LogP contribution is -2.38. The number of carbonyl (C=O) groups is 2. The molecule has 1 saturated heterocycles. The summed E-state index contributed by atoms with van der Waals surface area (Å²) in [7, 11) is 0. The number of ether oxygens (including phenoxy) is 3. The van der Waals surface area contributed by atoms with Crippen LogP contribution in [-0.4, -0.2) is 68.2 Å². The fraction of sp³-hybridized carbons (Fsp3) is 0.556. The predicted molar refractivity (Wildman–Crippen MR) is 134 cm³/mol. The van der Waals surface area contributed by atoms with Crippen molar-refractivity contribution >= 4 is 17.8 Å². The maximum absolute atomic E-state index is 12.4. The standard InChI is InChI=1S/C27H38N2O5/c1-20(2)7-5-11-27(4)12-10-23-24(34-27)9-8-22(21(3)30)26(23)33-19-25(31)28-13-6-14-29-15-17-32-18-16-29/h7-10,12H,5-6,11,13-19H2,1-4H3,(H,28,31). The normalized spacial score (nSPS) is 19.6. The zero-order chi connectivity index (χ0) is 24.6. The van der Waals surface area contributed by atoms with E-state index >= 15 is 0 Å². The molecule has 1 aromatic rings. The highest BCUT2D eigenvalue weighted by Gasteiger charge is 2.29. The highest BCUT2D eigenvalue weighted by Crippen LogP contribution is 2.40. The summed E-state index contributed by atoms with van der Waals surface area (Å²) in [6.45, 7) is 12.5. The Morgan fingerprint density at radius 1 is 1.21 bits per heavy atom. The van der Waals surface area contributed by atoms with Crippen LogP contribution in [0.15, 0.2) is 29.9 Å². The van der Waals surface area contributed by atoms with Gasteiger partial charge in [-0.25, -0.2) is 0 Å². The molecule has 7 nitrogen and oxygen atoms in total. The first kappa shape index (κ1) is 26.0. The van der Waals surface area contributed by atoms with E-state index in [1.807, 2.05) is 18.2 Å². The number of allylic oxidation sites excluding steroid dienone is 2. The number of carbonyl (C=O) groups excluding carboxylic acids is 2. The molecule has 3 rings (SSSR count). The number of nitrogens with one attached hydrogen (secondary N) is 1. The summed E-state index contributed by atoms with van der Waals surface area (Å²) in [5, 5.41) is 2.91. The number of morpholine rings is 1. The Morgan fingerprint density at radius 2 is 1.97 bits per heavy atom. The molecular formula is C27H38N2O5. The molecule has 7 heteroatoms. The minimum Gasteiger partial charge on any atom is -0.483 e. The van der Waals surface area contributed by atoms with Crippen LogP contribution in [0.2, 0.25) is 0 Å². The van der Waals surface area contributed by atoms with Crippen LogP contribution in [0, 0.1) is 0 Å². The van der Waals surface area contributed by atoms with Gasteiger partial charge in [-0.3, -0.25) is 14.5 Å². The first-order chi connectivity index (χ1) is 16.3. The maximum Gasteiger partial charge on any atom is 0.257 e. The quantitative estimate of drug-likeness (QED) is 0.299. The number of rotatable bonds is 11. The van der Waals surface area contributed by atoms with E-state index in [1.54, 1.807) is 6.07 Å². The Balaban J connectivity index is 1.59. The molecule has 1 unspecified atom stereocenters. The maximum atomic E-state index is 12.4. The molecule has 0 bridgehead atoms. The van der Waals surface area contributed by atoms with Crippen molar-refractivity contribution in [3.05, 3.63) is 41.0 Å². The highest BCUT2D eigenvalue weighted by molar-refractivity contribution is 5.99. The summed E-state index contributed by atoms with van der Waals surface area (Å²) in [4.78, 5) is 26.9. The van der Waals surface area contributed by atoms with Gasteiger partial charge in [-0.2, -0.15) is 0 Å². The average Bonchev–Trinajstić information content (AvgIpc) is 2.80. The smallest absolute Gasteiger partial charge is 0.257 e. The third kappa shape index (κ3) is 7.43. The Kier molecular flexibility index (Phi) is 9.30. The highest BCUT2D eigenvalue weighted by atomic mass is 16.5. The van der Waals surface area contributed by atoms with E-state index in [0.717, 1.165) is 52.1 Å². The zero-order valence-corrected chi connectivity index (χ0v) is 20.9. The molecule has 1 fully saturated rings. The lowest BCUT2D eigenvalue weighted by atomic mass is 9.93. The van der Waals surface area contributed by atoms with Gasteiger partial charge in [0.25, 0.3) is 5.91 Å². The third-order valence-corrected chi connectivity index (χ3v) is 6.10. The summed E-state index contributed by atoms with van der Waals surface area (Å²) >= 11 is 0. The van der Waals surface area contributed by atoms with Crippen LogP contribution in [0.3, 0.4) is 0 Å². The number of Topliss-reactive ketones (excluding diaryl/α,β-unsaturated/α-hetero) is 1. The van der Waals surface area contributed by atoms with E-state index in [1.165, 1.54) is 12.5 Å². The van der Waals surface area contributed by atoms with Gasteiger partial charge in [0.1, 0.15) is 17.1 Å². The van der Waals surface area contributed by atoms with E-state index in [9.17, 15) is 9.59 Å². The van der Waals surface area contributed by atoms with Crippen LogP contribution < -0.4 is 14.8 Å². The monoisotopic (exact) mass is 470 g/mol. The second-order valence-corrected chi connectivity index (χ2v) is 9.42. The molecule has 0 aromatic heterocycles. The Hall–Kier alpha value is -2.64. The van der Waals surface area contributed by atoms with Gasteiger partial charge in [0, 0.05) is 19.6 Å². The van der Waals surface area contributed by atoms with Gasteiger partial charge in [-0.05, 0) is 77.8 Å². The number of hydrogen-bond donors (Lipinski definition) is 1. The van der Waals surface area contributed by atoms with Crippen molar-refractivity contribution in [2.24, 2.45) is 0 Å². The molecule has 0 aliphatic carbocycles. The zero-order valence-electron chi connectivity index (χ0n) is 20.9. The molecule has 34 heavy (non-hydrogen) atoms. The molecule has 0 spiro atoms. The molecule has 1 N–H and O–H groups in total. The van der Waals surface area contributed by atoms with E-state index in [0.29, 0.717) is 29.2 Å². The van der Waals surface area contributed by atoms with Crippen molar-refractivity contribution in [3.8, 4) is 11.5 Å². The Morgan fingerprint density at radius 3 is 2.68 bits per heavy atom. The second-order valence-electron chi connectivity index (χ2n) is 9.42. The number of fused-ring (bicyclic) bond motifs is 1. The van der Waals surface area contributed by atoms with Crippen molar-refractivity contribution in [2.75, 3.05) is 46.0 Å². The van der Waals surface area contributed by atoms with Crippen LogP contribution in [0.4, 0.5) is 0 Å². The van der Waals surface area contributed by atoms with Crippen molar-refractivity contribution in [2.45, 2.75) is 52.6 Å². The molecular weight excluding hydrogens is 432 g/mol. The van der Waals surface area contributed by atoms with Crippen LogP contribution in [0.25, 0.3) is 6.08 Å². The van der Waals surface area contributed by atoms with Crippen LogP contribution in [0.5, 0.6) is 11.5 Å². The van der Waals surface area contributed by atoms with Crippen molar-refractivity contribution < 1.29 is 23.8 Å². The summed E-state index contributed by atoms with van der Waals surface area (Å²) in [6, 6.07) is 3.53. The topological polar surface area (TPSA) is 77.1 Å². The summed E-state index contributed by atoms with van der Waals surface area (Å²) in [5.74, 6) is 0.736. The van der Waals surface area contributed by atoms with Gasteiger partial charge in [0.2, 0.25) is 0 Å². The van der Waals surface area contributed by atoms with Gasteiger partial charge >= 0.3 is 0 Å². The molecule has 2 heterocycles. The lowest BCUT2D eigenvalue weighted by Gasteiger charge is -2.32. The van der Waals surface area contributed by atoms with Crippen LogP contribution in [-0.2, 0) is 9.53 Å². The van der Waals surface area contributed by atoms with E-state index < -0.39 is 5.60 Å². The largest absolute Gasteiger partial charge is 0.483 e. The molecule has 2 aliphatic rings. The van der Waals surface area contributed by atoms with Crippen LogP contribution >= 0.6 is 0 Å². The molecule has 1 atom stereocenters. The van der Waals surface area contributed by atoms with Gasteiger partial charge in [0.15, 0.2) is 12.4 Å². The molecule has 1 amide bonds. The summed E-state index contributed by atoms with van der Waals surface area (Å²) < 4.78 is 17.5. The number of ketones is 1. The minimum absolute atomic E-state index is 0.117. The first-order valence-electron chi connectivity index (χ1n) is 12.2. The van der Waals surface area contributed by atoms with Crippen molar-refractivity contribution in [1.29, 1.82) is 0 Å². The fourth-order valence-corrected chi connectivity index (χ4v) is 4.13. The summed E-state index contributed by atoms with van der Waals surface area (Å²) in [6.07, 6.45) is 8.78. The first-order valence-corrected chi connectivity index (χ1v) is 12.2. The SMILES string of the molecule is CC(=O)c1ccc2c(c1OCC(=O)NCCCN1CCOCC1)C=CC(C)(CCC=C(C)C)O2. The predicted octanol–water partition coefficient (Wildman–Crippen LogP) is 4.02. The third-order valence-electron chi connectivity index (χ3n) is 6.10. The average molecular weight is 471 g/mol. The fourth-order valence-electron chi connectivity index (χ4n) is 4.13. The molecule has 0 radical (unpaired) electrons. The van der Waals surface area contributed by atoms with Gasteiger partial charge in [0.05, 0.1) is 24.3 Å². The molecule has 1 aromatic carbocycles. The van der Waals surface area contributed by atoms with Crippen molar-refractivity contribution in [3.63, 3.8) is 0 Å². The Labute approximate surface area is 203 Å². The number of amides is 1. The molecule has 0 saturated carbocycles. The number of hydrogen-bond acceptors (Lipinski definition) is 6. The Bertz CT molecular complexity index is 929. The van der Waals surface area contributed by atoms with Crippen LogP contribution in [0.1, 0.15) is 62.9 Å². The van der Waals surface area contributed by atoms with E-state index in [4.69, 9.17) is 14.2 Å². The van der Waals surface area contributed by atoms with E-state index in [2.05, 4.69) is 37.1 Å². The lowest BCUT2D eigenvalue weighted by molar-refractivity contribution is -0.123. The molecule has 2 aliphatic heterocycles. The summed E-state index contributed by atoms with van der Waals surface area (Å²) in [5.41, 5.74) is 1.99. The van der Waals surface area contributed by atoms with Gasteiger partial charge in [-0.1, -0.05) is 11.6 Å². The van der Waals surface area contributed by atoms with Gasteiger partial charge in [-0.15, -0.1) is 0 Å². The number of benzene rings is 1. The van der Waals surface area contributed by atoms with Crippen molar-refractivity contribution in [1.82, 2.24) is 10.2 Å². The number of nitrogens with zero attached hydrogens (tertiary/aromatic N) is 1. The minimum atomic E-state index is -0.439.